The molecule has 3 rings (SSSR count). The van der Waals surface area contributed by atoms with Crippen LogP contribution in [0.25, 0.3) is 0 Å². The third-order valence-corrected chi connectivity index (χ3v) is 3.37. The Morgan fingerprint density at radius 2 is 1.88 bits per heavy atom. The topological polar surface area (TPSA) is 72.0 Å². The normalized spacial score (nSPS) is 10.4. The van der Waals surface area contributed by atoms with Crippen LogP contribution < -0.4 is 15.4 Å². The zero-order valence-electron chi connectivity index (χ0n) is 13.3. The highest BCUT2D eigenvalue weighted by molar-refractivity contribution is 5.54. The molecule has 0 radical (unpaired) electrons. The Hall–Kier alpha value is -3.29. The van der Waals surface area contributed by atoms with Crippen LogP contribution in [0.2, 0.25) is 0 Å². The summed E-state index contributed by atoms with van der Waals surface area (Å²) in [5, 5.41) is 13.4. The van der Waals surface area contributed by atoms with Gasteiger partial charge in [0.1, 0.15) is 17.4 Å². The van der Waals surface area contributed by atoms with E-state index in [0.29, 0.717) is 12.4 Å². The van der Waals surface area contributed by atoms with Crippen LogP contribution in [0.15, 0.2) is 48.7 Å². The third-order valence-electron chi connectivity index (χ3n) is 3.37. The molecule has 1 heterocycles. The molecule has 0 aliphatic heterocycles. The molecule has 0 aliphatic rings. The van der Waals surface area contributed by atoms with Crippen LogP contribution >= 0.6 is 0 Å². The lowest BCUT2D eigenvalue weighted by molar-refractivity contribution is 0.414. The Labute approximate surface area is 142 Å². The van der Waals surface area contributed by atoms with Crippen LogP contribution in [0.4, 0.5) is 26.2 Å². The van der Waals surface area contributed by atoms with Crippen LogP contribution in [0.3, 0.4) is 0 Å². The zero-order chi connectivity index (χ0) is 17.6. The maximum absolute atomic E-state index is 13.7. The van der Waals surface area contributed by atoms with Crippen molar-refractivity contribution >= 4 is 17.5 Å². The summed E-state index contributed by atoms with van der Waals surface area (Å²) < 4.78 is 31.7. The molecule has 2 N–H and O–H groups in total. The predicted octanol–water partition coefficient (Wildman–Crippen LogP) is 3.51. The number of hydrogen-bond acceptors (Lipinski definition) is 6. The Kier molecular flexibility index (Phi) is 4.98. The molecule has 0 saturated carbocycles. The molecule has 1 aromatic heterocycles. The fourth-order valence-electron chi connectivity index (χ4n) is 2.09. The molecule has 0 atom stereocenters. The third kappa shape index (κ3) is 4.37. The van der Waals surface area contributed by atoms with E-state index >= 15 is 0 Å². The lowest BCUT2D eigenvalue weighted by Crippen LogP contribution is -2.06. The Morgan fingerprint density at radius 3 is 2.60 bits per heavy atom. The molecule has 0 amide bonds. The number of halogens is 2. The zero-order valence-corrected chi connectivity index (χ0v) is 13.3. The first-order valence-electron chi connectivity index (χ1n) is 7.42. The lowest BCUT2D eigenvalue weighted by atomic mass is 10.2. The van der Waals surface area contributed by atoms with Crippen molar-refractivity contribution in [1.82, 2.24) is 15.2 Å². The van der Waals surface area contributed by atoms with Crippen molar-refractivity contribution in [2.24, 2.45) is 0 Å². The van der Waals surface area contributed by atoms with E-state index in [2.05, 4.69) is 25.8 Å². The van der Waals surface area contributed by atoms with Gasteiger partial charge in [0.2, 0.25) is 5.95 Å². The molecule has 0 unspecified atom stereocenters. The summed E-state index contributed by atoms with van der Waals surface area (Å²) in [6, 6.07) is 10.8. The van der Waals surface area contributed by atoms with E-state index < -0.39 is 11.6 Å². The summed E-state index contributed by atoms with van der Waals surface area (Å²) in [7, 11) is 1.61. The Morgan fingerprint density at radius 1 is 1.08 bits per heavy atom. The first kappa shape index (κ1) is 16.6. The van der Waals surface area contributed by atoms with E-state index in [0.717, 1.165) is 23.4 Å². The minimum absolute atomic E-state index is 0.0653. The standard InChI is InChI=1S/C17H15F2N5O/c1-25-13-5-2-11(3-6-13)9-20-16-10-21-24-17(23-16)22-15-7-4-12(18)8-14(15)19/h2-8,10H,9H2,1H3,(H2,20,22,23,24). The molecule has 0 bridgehead atoms. The highest BCUT2D eigenvalue weighted by Gasteiger charge is 2.07. The van der Waals surface area contributed by atoms with E-state index in [4.69, 9.17) is 4.74 Å². The van der Waals surface area contributed by atoms with Crippen molar-refractivity contribution in [3.8, 4) is 5.75 Å². The maximum atomic E-state index is 13.7. The second-order valence-corrected chi connectivity index (χ2v) is 5.12. The molecule has 2 aromatic carbocycles. The second kappa shape index (κ2) is 7.52. The summed E-state index contributed by atoms with van der Waals surface area (Å²) in [5.41, 5.74) is 1.09. The summed E-state index contributed by atoms with van der Waals surface area (Å²) in [5.74, 6) is -0.0430. The monoisotopic (exact) mass is 343 g/mol. The van der Waals surface area contributed by atoms with Crippen molar-refractivity contribution in [1.29, 1.82) is 0 Å². The Balaban J connectivity index is 1.66. The van der Waals surface area contributed by atoms with E-state index in [1.807, 2.05) is 24.3 Å². The average molecular weight is 343 g/mol. The summed E-state index contributed by atoms with van der Waals surface area (Å²) in [4.78, 5) is 4.20. The van der Waals surface area contributed by atoms with Gasteiger partial charge >= 0.3 is 0 Å². The molecule has 0 saturated heterocycles. The van der Waals surface area contributed by atoms with Crippen LogP contribution in [0.1, 0.15) is 5.56 Å². The highest BCUT2D eigenvalue weighted by atomic mass is 19.1. The SMILES string of the molecule is COc1ccc(CNc2cnnc(Nc3ccc(F)cc3F)n2)cc1. The molecular weight excluding hydrogens is 328 g/mol. The number of hydrogen-bond donors (Lipinski definition) is 2. The largest absolute Gasteiger partial charge is 0.497 e. The van der Waals surface area contributed by atoms with Gasteiger partial charge in [0.15, 0.2) is 5.82 Å². The summed E-state index contributed by atoms with van der Waals surface area (Å²) >= 11 is 0. The van der Waals surface area contributed by atoms with E-state index in [1.165, 1.54) is 12.3 Å². The minimum Gasteiger partial charge on any atom is -0.497 e. The Bertz CT molecular complexity index is 858. The smallest absolute Gasteiger partial charge is 0.249 e. The average Bonchev–Trinajstić information content (AvgIpc) is 2.63. The summed E-state index contributed by atoms with van der Waals surface area (Å²) in [6.07, 6.45) is 1.45. The van der Waals surface area contributed by atoms with Crippen molar-refractivity contribution < 1.29 is 13.5 Å². The second-order valence-electron chi connectivity index (χ2n) is 5.12. The number of aromatic nitrogens is 3. The molecular formula is C17H15F2N5O. The lowest BCUT2D eigenvalue weighted by Gasteiger charge is -2.09. The molecule has 3 aromatic rings. The van der Waals surface area contributed by atoms with E-state index in [-0.39, 0.29) is 11.6 Å². The number of nitrogens with one attached hydrogen (secondary N) is 2. The molecule has 0 aliphatic carbocycles. The van der Waals surface area contributed by atoms with Crippen LogP contribution in [-0.4, -0.2) is 22.3 Å². The van der Waals surface area contributed by atoms with E-state index in [1.54, 1.807) is 7.11 Å². The van der Waals surface area contributed by atoms with Crippen LogP contribution in [-0.2, 0) is 6.54 Å². The van der Waals surface area contributed by atoms with Gasteiger partial charge < -0.3 is 15.4 Å². The summed E-state index contributed by atoms with van der Waals surface area (Å²) in [6.45, 7) is 0.521. The van der Waals surface area contributed by atoms with Gasteiger partial charge in [-0.15, -0.1) is 5.10 Å². The number of anilines is 3. The van der Waals surface area contributed by atoms with Gasteiger partial charge in [-0.2, -0.15) is 10.1 Å². The number of nitrogens with zero attached hydrogens (tertiary/aromatic N) is 3. The van der Waals surface area contributed by atoms with E-state index in [9.17, 15) is 8.78 Å². The van der Waals surface area contributed by atoms with Gasteiger partial charge in [-0.1, -0.05) is 12.1 Å². The number of benzene rings is 2. The van der Waals surface area contributed by atoms with Crippen molar-refractivity contribution in [2.45, 2.75) is 6.54 Å². The predicted molar refractivity (Wildman–Crippen MR) is 89.8 cm³/mol. The van der Waals surface area contributed by atoms with Crippen LogP contribution in [0, 0.1) is 11.6 Å². The van der Waals surface area contributed by atoms with Crippen molar-refractivity contribution in [2.75, 3.05) is 17.7 Å². The highest BCUT2D eigenvalue weighted by Crippen LogP contribution is 2.19. The maximum Gasteiger partial charge on any atom is 0.249 e. The number of ether oxygens (including phenoxy) is 1. The van der Waals surface area contributed by atoms with Gasteiger partial charge in [-0.05, 0) is 29.8 Å². The van der Waals surface area contributed by atoms with Gasteiger partial charge in [0, 0.05) is 12.6 Å². The first-order valence-corrected chi connectivity index (χ1v) is 7.42. The number of rotatable bonds is 6. The van der Waals surface area contributed by atoms with Crippen molar-refractivity contribution in [3.05, 3.63) is 65.9 Å². The molecule has 25 heavy (non-hydrogen) atoms. The first-order chi connectivity index (χ1) is 12.1. The van der Waals surface area contributed by atoms with Gasteiger partial charge in [-0.25, -0.2) is 8.78 Å². The fraction of sp³-hybridized carbons (Fsp3) is 0.118. The quantitative estimate of drug-likeness (QED) is 0.714. The molecule has 6 nitrogen and oxygen atoms in total. The van der Waals surface area contributed by atoms with Gasteiger partial charge in [0.05, 0.1) is 19.0 Å². The van der Waals surface area contributed by atoms with Crippen LogP contribution in [0.5, 0.6) is 5.75 Å². The fourth-order valence-corrected chi connectivity index (χ4v) is 2.09. The molecule has 128 valence electrons. The minimum atomic E-state index is -0.736. The van der Waals surface area contributed by atoms with Gasteiger partial charge in [-0.3, -0.25) is 0 Å². The molecule has 0 fully saturated rings. The molecule has 8 heteroatoms. The van der Waals surface area contributed by atoms with Gasteiger partial charge in [0.25, 0.3) is 0 Å². The molecule has 0 spiro atoms. The number of methoxy groups -OCH3 is 1. The van der Waals surface area contributed by atoms with Crippen molar-refractivity contribution in [3.63, 3.8) is 0 Å².